The highest BCUT2D eigenvalue weighted by atomic mass is 127. The fourth-order valence-corrected chi connectivity index (χ4v) is 3.25. The first-order valence-corrected chi connectivity index (χ1v) is 9.43. The number of aliphatic imine (C=N–C) groups is 1. The van der Waals surface area contributed by atoms with Gasteiger partial charge in [-0.2, -0.15) is 0 Å². The van der Waals surface area contributed by atoms with E-state index in [0.717, 1.165) is 50.7 Å². The number of ether oxygens (including phenoxy) is 1. The topological polar surface area (TPSA) is 66.1 Å². The third-order valence-electron chi connectivity index (χ3n) is 4.78. The van der Waals surface area contributed by atoms with Crippen LogP contribution in [0.5, 0.6) is 5.75 Å². The number of methoxy groups -OCH3 is 1. The number of guanidine groups is 1. The molecule has 1 aliphatic rings. The first kappa shape index (κ1) is 22.4. The number of hydrogen-bond acceptors (Lipinski definition) is 4. The van der Waals surface area contributed by atoms with E-state index in [4.69, 9.17) is 10.5 Å². The van der Waals surface area contributed by atoms with Crippen LogP contribution in [0.25, 0.3) is 0 Å². The van der Waals surface area contributed by atoms with Crippen LogP contribution in [0.4, 0.5) is 5.69 Å². The summed E-state index contributed by atoms with van der Waals surface area (Å²) in [5.41, 5.74) is 8.22. The molecule has 2 aromatic rings. The van der Waals surface area contributed by atoms with E-state index in [1.165, 1.54) is 5.56 Å². The number of nitrogens with one attached hydrogen (secondary N) is 1. The van der Waals surface area contributed by atoms with E-state index in [9.17, 15) is 0 Å². The minimum Gasteiger partial charge on any atom is -0.495 e. The predicted octanol–water partition coefficient (Wildman–Crippen LogP) is 2.86. The van der Waals surface area contributed by atoms with Gasteiger partial charge in [0.2, 0.25) is 0 Å². The number of nitrogens with two attached hydrogens (primary N) is 1. The van der Waals surface area contributed by atoms with Gasteiger partial charge in [-0.3, -0.25) is 14.8 Å². The van der Waals surface area contributed by atoms with Gasteiger partial charge in [0.15, 0.2) is 5.96 Å². The smallest absolute Gasteiger partial charge is 0.193 e. The third kappa shape index (κ3) is 6.96. The van der Waals surface area contributed by atoms with Gasteiger partial charge < -0.3 is 15.8 Å². The second-order valence-electron chi connectivity index (χ2n) is 6.70. The summed E-state index contributed by atoms with van der Waals surface area (Å²) >= 11 is 0. The molecule has 0 aromatic heterocycles. The molecule has 7 heteroatoms. The number of nitrogens with zero attached hydrogens (tertiary/aromatic N) is 3. The molecule has 1 heterocycles. The molecule has 6 nitrogen and oxygen atoms in total. The van der Waals surface area contributed by atoms with Gasteiger partial charge in [0, 0.05) is 39.3 Å². The lowest BCUT2D eigenvalue weighted by molar-refractivity contribution is 0.130. The summed E-state index contributed by atoms with van der Waals surface area (Å²) in [4.78, 5) is 9.40. The largest absolute Gasteiger partial charge is 0.495 e. The van der Waals surface area contributed by atoms with Crippen LogP contribution in [0.15, 0.2) is 59.6 Å². The first-order chi connectivity index (χ1) is 13.2. The standard InChI is InChI=1S/C21H29N5O.HI/c1-27-20-10-6-5-9-19(20)24-21(22)23-11-12-25-13-15-26(16-14-25)17-18-7-3-2-4-8-18;/h2-10H,11-17H2,1H3,(H3,22,23,24);1H. The van der Waals surface area contributed by atoms with Crippen LogP contribution in [-0.2, 0) is 6.54 Å². The minimum absolute atomic E-state index is 0. The highest BCUT2D eigenvalue weighted by Crippen LogP contribution is 2.22. The number of benzene rings is 2. The van der Waals surface area contributed by atoms with Gasteiger partial charge in [0.1, 0.15) is 5.75 Å². The molecule has 0 atom stereocenters. The Kier molecular flexibility index (Phi) is 9.52. The molecule has 3 N–H and O–H groups in total. The summed E-state index contributed by atoms with van der Waals surface area (Å²) in [5, 5.41) is 3.11. The number of anilines is 1. The lowest BCUT2D eigenvalue weighted by Gasteiger charge is -2.34. The van der Waals surface area contributed by atoms with E-state index >= 15 is 0 Å². The summed E-state index contributed by atoms with van der Waals surface area (Å²) in [6.45, 7) is 6.97. The lowest BCUT2D eigenvalue weighted by atomic mass is 10.2. The van der Waals surface area contributed by atoms with Gasteiger partial charge in [-0.15, -0.1) is 24.0 Å². The van der Waals surface area contributed by atoms with Crippen molar-refractivity contribution in [2.45, 2.75) is 6.54 Å². The molecule has 0 spiro atoms. The molecule has 28 heavy (non-hydrogen) atoms. The fraction of sp³-hybridized carbons (Fsp3) is 0.381. The van der Waals surface area contributed by atoms with Crippen molar-refractivity contribution >= 4 is 35.6 Å². The van der Waals surface area contributed by atoms with Gasteiger partial charge in [0.05, 0.1) is 19.3 Å². The quantitative estimate of drug-likeness (QED) is 0.352. The summed E-state index contributed by atoms with van der Waals surface area (Å²) in [5.74, 6) is 1.17. The van der Waals surface area contributed by atoms with Crippen molar-refractivity contribution in [3.8, 4) is 5.75 Å². The predicted molar refractivity (Wildman–Crippen MR) is 127 cm³/mol. The van der Waals surface area contributed by atoms with Gasteiger partial charge in [-0.25, -0.2) is 0 Å². The molecule has 1 aliphatic heterocycles. The monoisotopic (exact) mass is 495 g/mol. The summed E-state index contributed by atoms with van der Waals surface area (Å²) in [6.07, 6.45) is 0. The van der Waals surface area contributed by atoms with Crippen molar-refractivity contribution in [1.82, 2.24) is 9.80 Å². The zero-order chi connectivity index (χ0) is 18.9. The molecule has 152 valence electrons. The van der Waals surface area contributed by atoms with E-state index in [1.54, 1.807) is 7.11 Å². The maximum atomic E-state index is 6.01. The Morgan fingerprint density at radius 3 is 2.36 bits per heavy atom. The van der Waals surface area contributed by atoms with Gasteiger partial charge >= 0.3 is 0 Å². The third-order valence-corrected chi connectivity index (χ3v) is 4.78. The lowest BCUT2D eigenvalue weighted by Crippen LogP contribution is -2.46. The zero-order valence-electron chi connectivity index (χ0n) is 16.4. The second kappa shape index (κ2) is 11.9. The van der Waals surface area contributed by atoms with Crippen molar-refractivity contribution in [3.63, 3.8) is 0 Å². The van der Waals surface area contributed by atoms with E-state index in [-0.39, 0.29) is 24.0 Å². The molecule has 0 saturated carbocycles. The molecular formula is C21H30IN5O. The number of piperazine rings is 1. The van der Waals surface area contributed by atoms with Crippen molar-refractivity contribution in [1.29, 1.82) is 0 Å². The van der Waals surface area contributed by atoms with Crippen molar-refractivity contribution in [2.24, 2.45) is 10.7 Å². The van der Waals surface area contributed by atoms with E-state index in [1.807, 2.05) is 24.3 Å². The van der Waals surface area contributed by atoms with Crippen molar-refractivity contribution in [2.75, 3.05) is 51.7 Å². The van der Waals surface area contributed by atoms with Crippen LogP contribution in [0, 0.1) is 0 Å². The first-order valence-electron chi connectivity index (χ1n) is 9.43. The summed E-state index contributed by atoms with van der Waals surface area (Å²) in [7, 11) is 1.64. The number of rotatable bonds is 7. The zero-order valence-corrected chi connectivity index (χ0v) is 18.7. The van der Waals surface area contributed by atoms with Crippen LogP contribution >= 0.6 is 24.0 Å². The molecule has 1 saturated heterocycles. The highest BCUT2D eigenvalue weighted by Gasteiger charge is 2.16. The summed E-state index contributed by atoms with van der Waals surface area (Å²) in [6, 6.07) is 18.3. The van der Waals surface area contributed by atoms with E-state index in [2.05, 4.69) is 50.4 Å². The fourth-order valence-electron chi connectivity index (χ4n) is 3.25. The Balaban J connectivity index is 0.00000280. The minimum atomic E-state index is 0. The Morgan fingerprint density at radius 2 is 1.64 bits per heavy atom. The average molecular weight is 495 g/mol. The molecule has 0 unspecified atom stereocenters. The molecule has 3 rings (SSSR count). The SMILES string of the molecule is COc1ccccc1NC(N)=NCCN1CCN(Cc2ccccc2)CC1.I. The maximum Gasteiger partial charge on any atom is 0.193 e. The summed E-state index contributed by atoms with van der Waals surface area (Å²) < 4.78 is 5.31. The van der Waals surface area contributed by atoms with Crippen LogP contribution in [0.2, 0.25) is 0 Å². The molecule has 0 aliphatic carbocycles. The Morgan fingerprint density at radius 1 is 1.00 bits per heavy atom. The van der Waals surface area contributed by atoms with E-state index in [0.29, 0.717) is 12.5 Å². The molecular weight excluding hydrogens is 465 g/mol. The van der Waals surface area contributed by atoms with Gasteiger partial charge in [-0.05, 0) is 17.7 Å². The van der Waals surface area contributed by atoms with Crippen LogP contribution in [-0.4, -0.2) is 62.1 Å². The molecule has 0 bridgehead atoms. The van der Waals surface area contributed by atoms with Crippen LogP contribution < -0.4 is 15.8 Å². The maximum absolute atomic E-state index is 6.01. The molecule has 1 fully saturated rings. The van der Waals surface area contributed by atoms with E-state index < -0.39 is 0 Å². The Hall–Kier alpha value is -1.84. The Bertz CT molecular complexity index is 733. The number of para-hydroxylation sites is 2. The second-order valence-corrected chi connectivity index (χ2v) is 6.70. The van der Waals surface area contributed by atoms with Crippen molar-refractivity contribution < 1.29 is 4.74 Å². The number of halogens is 1. The molecule has 2 aromatic carbocycles. The highest BCUT2D eigenvalue weighted by molar-refractivity contribution is 14.0. The van der Waals surface area contributed by atoms with Crippen LogP contribution in [0.3, 0.4) is 0 Å². The van der Waals surface area contributed by atoms with Gasteiger partial charge in [0.25, 0.3) is 0 Å². The normalized spacial score (nSPS) is 15.7. The van der Waals surface area contributed by atoms with Crippen molar-refractivity contribution in [3.05, 3.63) is 60.2 Å². The average Bonchev–Trinajstić information content (AvgIpc) is 2.70. The molecule has 0 amide bonds. The number of hydrogen-bond donors (Lipinski definition) is 2. The Labute approximate surface area is 184 Å². The van der Waals surface area contributed by atoms with Gasteiger partial charge in [-0.1, -0.05) is 42.5 Å². The molecule has 0 radical (unpaired) electrons. The van der Waals surface area contributed by atoms with Crippen LogP contribution in [0.1, 0.15) is 5.56 Å².